The van der Waals surface area contributed by atoms with E-state index in [4.69, 9.17) is 0 Å². The largest absolute Gasteiger partial charge is 0.405 e. The zero-order valence-corrected chi connectivity index (χ0v) is 8.58. The highest BCUT2D eigenvalue weighted by Gasteiger charge is 2.28. The molecule has 0 saturated heterocycles. The number of anilines is 1. The predicted octanol–water partition coefficient (Wildman–Crippen LogP) is 2.39. The first-order valence-electron chi connectivity index (χ1n) is 4.53. The van der Waals surface area contributed by atoms with Crippen molar-refractivity contribution >= 4 is 11.7 Å². The Morgan fingerprint density at radius 1 is 1.31 bits per heavy atom. The quantitative estimate of drug-likeness (QED) is 0.834. The molecule has 0 radical (unpaired) electrons. The van der Waals surface area contributed by atoms with Gasteiger partial charge in [0.15, 0.2) is 0 Å². The summed E-state index contributed by atoms with van der Waals surface area (Å²) in [6, 6.07) is 7.63. The summed E-state index contributed by atoms with van der Waals surface area (Å²) in [7, 11) is 1.40. The number of halogens is 3. The Hall–Kier alpha value is -1.72. The number of benzene rings is 1. The van der Waals surface area contributed by atoms with Crippen LogP contribution in [0, 0.1) is 0 Å². The predicted molar refractivity (Wildman–Crippen MR) is 54.3 cm³/mol. The highest BCUT2D eigenvalue weighted by atomic mass is 19.4. The average molecular weight is 232 g/mol. The van der Waals surface area contributed by atoms with Crippen molar-refractivity contribution in [3.8, 4) is 0 Å². The van der Waals surface area contributed by atoms with E-state index < -0.39 is 18.8 Å². The van der Waals surface area contributed by atoms with Gasteiger partial charge in [-0.1, -0.05) is 18.2 Å². The maximum Gasteiger partial charge on any atom is 0.405 e. The van der Waals surface area contributed by atoms with E-state index in [0.29, 0.717) is 5.69 Å². The van der Waals surface area contributed by atoms with Gasteiger partial charge >= 0.3 is 12.2 Å². The SMILES string of the molecule is CN(C(=O)NCC(F)(F)F)c1ccccc1. The third kappa shape index (κ3) is 3.80. The van der Waals surface area contributed by atoms with E-state index in [2.05, 4.69) is 0 Å². The van der Waals surface area contributed by atoms with Crippen molar-refractivity contribution in [2.75, 3.05) is 18.5 Å². The number of amides is 2. The fourth-order valence-corrected chi connectivity index (χ4v) is 1.06. The fraction of sp³-hybridized carbons (Fsp3) is 0.300. The van der Waals surface area contributed by atoms with Crippen LogP contribution >= 0.6 is 0 Å². The van der Waals surface area contributed by atoms with Crippen LogP contribution in [0.4, 0.5) is 23.7 Å². The van der Waals surface area contributed by atoms with E-state index in [1.54, 1.807) is 35.6 Å². The summed E-state index contributed by atoms with van der Waals surface area (Å²) in [4.78, 5) is 12.4. The number of nitrogens with one attached hydrogen (secondary N) is 1. The molecule has 0 heterocycles. The lowest BCUT2D eigenvalue weighted by Crippen LogP contribution is -2.41. The lowest BCUT2D eigenvalue weighted by Gasteiger charge is -2.18. The van der Waals surface area contributed by atoms with Gasteiger partial charge in [0.05, 0.1) is 0 Å². The Balaban J connectivity index is 2.55. The van der Waals surface area contributed by atoms with Gasteiger partial charge in [0, 0.05) is 12.7 Å². The van der Waals surface area contributed by atoms with Crippen molar-refractivity contribution in [3.63, 3.8) is 0 Å². The molecule has 0 aliphatic rings. The molecule has 6 heteroatoms. The first kappa shape index (κ1) is 12.4. The fourth-order valence-electron chi connectivity index (χ4n) is 1.06. The summed E-state index contributed by atoms with van der Waals surface area (Å²) >= 11 is 0. The van der Waals surface area contributed by atoms with Crippen LogP contribution in [0.5, 0.6) is 0 Å². The monoisotopic (exact) mass is 232 g/mol. The minimum Gasteiger partial charge on any atom is -0.329 e. The molecule has 0 unspecified atom stereocenters. The van der Waals surface area contributed by atoms with Crippen molar-refractivity contribution in [1.29, 1.82) is 0 Å². The summed E-state index contributed by atoms with van der Waals surface area (Å²) in [5.74, 6) is 0. The molecular formula is C10H11F3N2O. The van der Waals surface area contributed by atoms with Crippen molar-refractivity contribution in [2.24, 2.45) is 0 Å². The van der Waals surface area contributed by atoms with Crippen LogP contribution in [-0.4, -0.2) is 25.8 Å². The lowest BCUT2D eigenvalue weighted by molar-refractivity contribution is -0.122. The topological polar surface area (TPSA) is 32.3 Å². The molecule has 16 heavy (non-hydrogen) atoms. The second-order valence-electron chi connectivity index (χ2n) is 3.17. The molecule has 1 aromatic carbocycles. The smallest absolute Gasteiger partial charge is 0.329 e. The van der Waals surface area contributed by atoms with Gasteiger partial charge in [-0.15, -0.1) is 0 Å². The summed E-state index contributed by atoms with van der Waals surface area (Å²) in [5.41, 5.74) is 0.530. The molecule has 88 valence electrons. The molecule has 0 spiro atoms. The molecule has 0 bridgehead atoms. The molecule has 0 aliphatic carbocycles. The van der Waals surface area contributed by atoms with Crippen LogP contribution < -0.4 is 10.2 Å². The van der Waals surface area contributed by atoms with Gasteiger partial charge in [-0.25, -0.2) is 4.79 Å². The molecule has 0 aliphatic heterocycles. The van der Waals surface area contributed by atoms with E-state index in [0.717, 1.165) is 4.90 Å². The highest BCUT2D eigenvalue weighted by Crippen LogP contribution is 2.14. The van der Waals surface area contributed by atoms with Crippen molar-refractivity contribution in [3.05, 3.63) is 30.3 Å². The molecule has 0 fully saturated rings. The van der Waals surface area contributed by atoms with Gasteiger partial charge in [0.1, 0.15) is 6.54 Å². The van der Waals surface area contributed by atoms with Crippen LogP contribution in [0.3, 0.4) is 0 Å². The number of rotatable bonds is 2. The summed E-state index contributed by atoms with van der Waals surface area (Å²) in [6.07, 6.45) is -4.40. The van der Waals surface area contributed by atoms with Crippen LogP contribution in [0.2, 0.25) is 0 Å². The number of hydrogen-bond donors (Lipinski definition) is 1. The van der Waals surface area contributed by atoms with E-state index in [9.17, 15) is 18.0 Å². The molecule has 2 amide bonds. The van der Waals surface area contributed by atoms with Crippen LogP contribution in [0.1, 0.15) is 0 Å². The van der Waals surface area contributed by atoms with Crippen LogP contribution in [0.15, 0.2) is 30.3 Å². The van der Waals surface area contributed by atoms with E-state index in [1.165, 1.54) is 7.05 Å². The minimum absolute atomic E-state index is 0.530. The minimum atomic E-state index is -4.40. The molecule has 3 nitrogen and oxygen atoms in total. The molecule has 1 aromatic rings. The molecule has 0 aromatic heterocycles. The molecule has 1 rings (SSSR count). The van der Waals surface area contributed by atoms with Gasteiger partial charge in [-0.05, 0) is 12.1 Å². The summed E-state index contributed by atoms with van der Waals surface area (Å²) < 4.78 is 35.5. The third-order valence-electron chi connectivity index (χ3n) is 1.89. The van der Waals surface area contributed by atoms with Gasteiger partial charge in [0.25, 0.3) is 0 Å². The van der Waals surface area contributed by atoms with Crippen molar-refractivity contribution in [2.45, 2.75) is 6.18 Å². The Labute approximate surface area is 90.9 Å². The van der Waals surface area contributed by atoms with E-state index in [-0.39, 0.29) is 0 Å². The zero-order chi connectivity index (χ0) is 12.2. The number of carbonyl (C=O) groups is 1. The van der Waals surface area contributed by atoms with Crippen molar-refractivity contribution < 1.29 is 18.0 Å². The lowest BCUT2D eigenvalue weighted by atomic mass is 10.3. The molecular weight excluding hydrogens is 221 g/mol. The van der Waals surface area contributed by atoms with E-state index in [1.807, 2.05) is 0 Å². The van der Waals surface area contributed by atoms with Crippen LogP contribution in [0.25, 0.3) is 0 Å². The molecule has 1 N–H and O–H groups in total. The molecule has 0 saturated carbocycles. The normalized spacial score (nSPS) is 11.0. The number of carbonyl (C=O) groups excluding carboxylic acids is 1. The summed E-state index contributed by atoms with van der Waals surface area (Å²) in [6.45, 7) is -1.33. The number of alkyl halides is 3. The first-order chi connectivity index (χ1) is 7.40. The number of nitrogens with zero attached hydrogens (tertiary/aromatic N) is 1. The Kier molecular flexibility index (Phi) is 3.76. The van der Waals surface area contributed by atoms with E-state index >= 15 is 0 Å². The second kappa shape index (κ2) is 4.87. The van der Waals surface area contributed by atoms with Crippen molar-refractivity contribution in [1.82, 2.24) is 5.32 Å². The van der Waals surface area contributed by atoms with Gasteiger partial charge in [-0.3, -0.25) is 4.90 Å². The Morgan fingerprint density at radius 2 is 1.88 bits per heavy atom. The number of urea groups is 1. The van der Waals surface area contributed by atoms with Crippen LogP contribution in [-0.2, 0) is 0 Å². The highest BCUT2D eigenvalue weighted by molar-refractivity contribution is 5.91. The standard InChI is InChI=1S/C10H11F3N2O/c1-15(8-5-3-2-4-6-8)9(16)14-7-10(11,12)13/h2-6H,7H2,1H3,(H,14,16). The Bertz CT molecular complexity index is 351. The first-order valence-corrected chi connectivity index (χ1v) is 4.53. The maximum absolute atomic E-state index is 11.8. The third-order valence-corrected chi connectivity index (χ3v) is 1.89. The molecule has 0 atom stereocenters. The zero-order valence-electron chi connectivity index (χ0n) is 8.58. The second-order valence-corrected chi connectivity index (χ2v) is 3.17. The van der Waals surface area contributed by atoms with Gasteiger partial charge < -0.3 is 5.32 Å². The maximum atomic E-state index is 11.8. The summed E-state index contributed by atoms with van der Waals surface area (Å²) in [5, 5.41) is 1.78. The average Bonchev–Trinajstić information content (AvgIpc) is 2.25. The number of hydrogen-bond acceptors (Lipinski definition) is 1. The van der Waals surface area contributed by atoms with Gasteiger partial charge in [0.2, 0.25) is 0 Å². The van der Waals surface area contributed by atoms with Gasteiger partial charge in [-0.2, -0.15) is 13.2 Å². The Morgan fingerprint density at radius 3 is 2.38 bits per heavy atom. The number of para-hydroxylation sites is 1.